The van der Waals surface area contributed by atoms with Gasteiger partial charge in [0.25, 0.3) is 0 Å². The number of hydrogen-bond donors (Lipinski definition) is 0. The fourth-order valence-electron chi connectivity index (χ4n) is 5.63. The topological polar surface area (TPSA) is 53.1 Å². The summed E-state index contributed by atoms with van der Waals surface area (Å²) in [6, 6.07) is 1.09. The smallest absolute Gasteiger partial charge is 0.409 e. The molecule has 1 saturated carbocycles. The predicted molar refractivity (Wildman–Crippen MR) is 108 cm³/mol. The van der Waals surface area contributed by atoms with E-state index in [4.69, 9.17) is 4.74 Å². The molecule has 3 heterocycles. The van der Waals surface area contributed by atoms with Crippen LogP contribution in [-0.2, 0) is 9.53 Å². The summed E-state index contributed by atoms with van der Waals surface area (Å²) < 4.78 is 5.18. The molecule has 0 radical (unpaired) electrons. The monoisotopic (exact) mass is 391 g/mol. The minimum atomic E-state index is -0.150. The van der Waals surface area contributed by atoms with Gasteiger partial charge in [-0.25, -0.2) is 4.79 Å². The highest BCUT2D eigenvalue weighted by molar-refractivity contribution is 5.81. The lowest BCUT2D eigenvalue weighted by Crippen LogP contribution is -2.48. The first kappa shape index (κ1) is 20.0. The Hall–Kier alpha value is -1.30. The summed E-state index contributed by atoms with van der Waals surface area (Å²) in [6.45, 7) is 7.25. The number of likely N-dealkylation sites (tertiary alicyclic amines) is 3. The Bertz CT molecular complexity index is 557. The highest BCUT2D eigenvalue weighted by Gasteiger charge is 2.42. The van der Waals surface area contributed by atoms with Gasteiger partial charge in [0.15, 0.2) is 0 Å². The van der Waals surface area contributed by atoms with E-state index >= 15 is 0 Å². The molecule has 0 bridgehead atoms. The molecule has 6 nitrogen and oxygen atoms in total. The molecular weight excluding hydrogens is 354 g/mol. The van der Waals surface area contributed by atoms with Crippen LogP contribution in [0.5, 0.6) is 0 Å². The summed E-state index contributed by atoms with van der Waals surface area (Å²) in [5, 5.41) is 0. The van der Waals surface area contributed by atoms with Gasteiger partial charge in [0.1, 0.15) is 0 Å². The summed E-state index contributed by atoms with van der Waals surface area (Å²) >= 11 is 0. The van der Waals surface area contributed by atoms with Gasteiger partial charge in [-0.3, -0.25) is 4.79 Å². The van der Waals surface area contributed by atoms with Crippen molar-refractivity contribution < 1.29 is 14.3 Å². The summed E-state index contributed by atoms with van der Waals surface area (Å²) in [6.07, 6.45) is 10.2. The zero-order valence-corrected chi connectivity index (χ0v) is 17.5. The van der Waals surface area contributed by atoms with E-state index in [0.717, 1.165) is 58.4 Å². The van der Waals surface area contributed by atoms with Gasteiger partial charge < -0.3 is 19.4 Å². The molecule has 0 aromatic heterocycles. The molecule has 3 aliphatic heterocycles. The minimum absolute atomic E-state index is 0.150. The Labute approximate surface area is 169 Å². The van der Waals surface area contributed by atoms with Crippen molar-refractivity contribution in [2.24, 2.45) is 11.8 Å². The molecule has 4 fully saturated rings. The summed E-state index contributed by atoms with van der Waals surface area (Å²) in [5.41, 5.74) is 0. The van der Waals surface area contributed by atoms with Gasteiger partial charge in [-0.05, 0) is 83.7 Å². The number of carbonyl (C=O) groups excluding carboxylic acids is 2. The quantitative estimate of drug-likeness (QED) is 0.739. The van der Waals surface area contributed by atoms with Crippen molar-refractivity contribution in [2.75, 3.05) is 39.3 Å². The number of amides is 2. The van der Waals surface area contributed by atoms with Crippen molar-refractivity contribution in [3.63, 3.8) is 0 Å². The lowest BCUT2D eigenvalue weighted by Gasteiger charge is -2.41. The molecule has 0 spiro atoms. The van der Waals surface area contributed by atoms with Crippen LogP contribution < -0.4 is 0 Å². The van der Waals surface area contributed by atoms with Crippen LogP contribution in [0.15, 0.2) is 0 Å². The number of nitrogens with zero attached hydrogens (tertiary/aromatic N) is 3. The van der Waals surface area contributed by atoms with Crippen LogP contribution in [0.4, 0.5) is 4.79 Å². The normalized spacial score (nSPS) is 30.3. The first-order valence-corrected chi connectivity index (χ1v) is 11.6. The highest BCUT2D eigenvalue weighted by atomic mass is 16.6. The highest BCUT2D eigenvalue weighted by Crippen LogP contribution is 2.37. The van der Waals surface area contributed by atoms with Crippen molar-refractivity contribution in [1.29, 1.82) is 0 Å². The van der Waals surface area contributed by atoms with Crippen molar-refractivity contribution in [2.45, 2.75) is 76.8 Å². The van der Waals surface area contributed by atoms with Gasteiger partial charge in [0, 0.05) is 37.6 Å². The molecule has 0 N–H and O–H groups in total. The average molecular weight is 392 g/mol. The first-order valence-electron chi connectivity index (χ1n) is 11.6. The maximum absolute atomic E-state index is 12.6. The molecule has 28 heavy (non-hydrogen) atoms. The molecule has 3 saturated heterocycles. The minimum Gasteiger partial charge on any atom is -0.450 e. The molecule has 0 aromatic carbocycles. The second kappa shape index (κ2) is 9.02. The maximum Gasteiger partial charge on any atom is 0.409 e. The average Bonchev–Trinajstić information content (AvgIpc) is 3.49. The van der Waals surface area contributed by atoms with Crippen LogP contribution in [0.3, 0.4) is 0 Å². The zero-order valence-electron chi connectivity index (χ0n) is 17.5. The number of rotatable bonds is 4. The molecule has 0 aromatic rings. The molecule has 6 heteroatoms. The third-order valence-corrected chi connectivity index (χ3v) is 7.37. The molecule has 4 rings (SSSR count). The Morgan fingerprint density at radius 3 is 2.32 bits per heavy atom. The lowest BCUT2D eigenvalue weighted by molar-refractivity contribution is -0.134. The van der Waals surface area contributed by atoms with Crippen LogP contribution in [0.1, 0.15) is 64.7 Å². The van der Waals surface area contributed by atoms with Gasteiger partial charge in [-0.1, -0.05) is 0 Å². The van der Waals surface area contributed by atoms with Crippen molar-refractivity contribution in [3.05, 3.63) is 0 Å². The van der Waals surface area contributed by atoms with E-state index in [1.807, 2.05) is 11.8 Å². The fraction of sp³-hybridized carbons (Fsp3) is 0.909. The Morgan fingerprint density at radius 1 is 0.857 bits per heavy atom. The van der Waals surface area contributed by atoms with Gasteiger partial charge in [0.05, 0.1) is 6.61 Å². The molecular formula is C22H37N3O3. The number of hydrogen-bond acceptors (Lipinski definition) is 4. The maximum atomic E-state index is 12.6. The largest absolute Gasteiger partial charge is 0.450 e. The third kappa shape index (κ3) is 4.47. The SMILES string of the molecule is CCOC(=O)N1CCCC(N2CCC(C3CCCN3C(=O)C3CC3)CC2)CC1. The second-order valence-corrected chi connectivity index (χ2v) is 9.16. The van der Waals surface area contributed by atoms with Gasteiger partial charge in [-0.2, -0.15) is 0 Å². The molecule has 158 valence electrons. The number of piperidine rings is 1. The summed E-state index contributed by atoms with van der Waals surface area (Å²) in [7, 11) is 0. The second-order valence-electron chi connectivity index (χ2n) is 9.16. The molecule has 2 atom stereocenters. The van der Waals surface area contributed by atoms with E-state index in [2.05, 4.69) is 9.80 Å². The number of carbonyl (C=O) groups is 2. The van der Waals surface area contributed by atoms with Crippen LogP contribution in [0, 0.1) is 11.8 Å². The summed E-state index contributed by atoms with van der Waals surface area (Å²) in [4.78, 5) is 31.4. The Morgan fingerprint density at radius 2 is 1.61 bits per heavy atom. The first-order chi connectivity index (χ1) is 13.7. The Kier molecular flexibility index (Phi) is 6.44. The standard InChI is InChI=1S/C22H37N3O3/c1-2-28-22(27)24-12-3-5-19(11-16-24)23-14-9-17(10-15-23)20-6-4-13-25(20)21(26)18-7-8-18/h17-20H,2-16H2,1H3. The molecule has 2 unspecified atom stereocenters. The van der Waals surface area contributed by atoms with Crippen molar-refractivity contribution in [3.8, 4) is 0 Å². The van der Waals surface area contributed by atoms with E-state index in [0.29, 0.717) is 36.4 Å². The van der Waals surface area contributed by atoms with Crippen LogP contribution >= 0.6 is 0 Å². The van der Waals surface area contributed by atoms with E-state index in [9.17, 15) is 9.59 Å². The van der Waals surface area contributed by atoms with Crippen molar-refractivity contribution >= 4 is 12.0 Å². The summed E-state index contributed by atoms with van der Waals surface area (Å²) in [5.74, 6) is 1.49. The van der Waals surface area contributed by atoms with E-state index in [-0.39, 0.29) is 6.09 Å². The predicted octanol–water partition coefficient (Wildman–Crippen LogP) is 3.11. The molecule has 4 aliphatic rings. The third-order valence-electron chi connectivity index (χ3n) is 7.37. The van der Waals surface area contributed by atoms with Gasteiger partial charge in [0.2, 0.25) is 5.91 Å². The van der Waals surface area contributed by atoms with E-state index in [1.54, 1.807) is 0 Å². The fourth-order valence-corrected chi connectivity index (χ4v) is 5.63. The van der Waals surface area contributed by atoms with Gasteiger partial charge in [-0.15, -0.1) is 0 Å². The van der Waals surface area contributed by atoms with Crippen LogP contribution in [0.25, 0.3) is 0 Å². The van der Waals surface area contributed by atoms with E-state index in [1.165, 1.54) is 32.1 Å². The molecule has 2 amide bonds. The Balaban J connectivity index is 1.26. The number of ether oxygens (including phenoxy) is 1. The van der Waals surface area contributed by atoms with Gasteiger partial charge >= 0.3 is 6.09 Å². The van der Waals surface area contributed by atoms with Crippen LogP contribution in [0.2, 0.25) is 0 Å². The molecule has 1 aliphatic carbocycles. The van der Waals surface area contributed by atoms with E-state index < -0.39 is 0 Å². The lowest BCUT2D eigenvalue weighted by atomic mass is 9.86. The zero-order chi connectivity index (χ0) is 19.5. The van der Waals surface area contributed by atoms with Crippen LogP contribution in [-0.4, -0.2) is 78.1 Å². The van der Waals surface area contributed by atoms with Crippen molar-refractivity contribution in [1.82, 2.24) is 14.7 Å².